The van der Waals surface area contributed by atoms with Crippen LogP contribution >= 0.6 is 0 Å². The van der Waals surface area contributed by atoms with Gasteiger partial charge in [-0.15, -0.1) is 0 Å². The van der Waals surface area contributed by atoms with E-state index in [1.807, 2.05) is 24.5 Å². The molecule has 1 heterocycles. The van der Waals surface area contributed by atoms with Crippen molar-refractivity contribution >= 4 is 55.7 Å². The van der Waals surface area contributed by atoms with E-state index in [4.69, 9.17) is 9.97 Å². The van der Waals surface area contributed by atoms with Crippen LogP contribution in [-0.4, -0.2) is 9.97 Å². The van der Waals surface area contributed by atoms with Crippen LogP contribution in [-0.2, 0) is 5.41 Å². The fourth-order valence-electron chi connectivity index (χ4n) is 11.0. The summed E-state index contributed by atoms with van der Waals surface area (Å²) in [5, 5.41) is 4.65. The van der Waals surface area contributed by atoms with Crippen molar-refractivity contribution in [1.29, 1.82) is 0 Å². The van der Waals surface area contributed by atoms with Crippen molar-refractivity contribution in [2.24, 2.45) is 0 Å². The fraction of sp³-hybridized carbons (Fsp3) is 0.0149. The average molecular weight is 907 g/mol. The molecule has 0 N–H and O–H groups in total. The number of hydrogen-bond donors (Lipinski definition) is 0. The minimum atomic E-state index is -0.663. The Labute approximate surface area is 414 Å². The summed E-state index contributed by atoms with van der Waals surface area (Å²) >= 11 is 0. The summed E-state index contributed by atoms with van der Waals surface area (Å²) in [6, 6.07) is 96.1. The van der Waals surface area contributed by atoms with Gasteiger partial charge in [-0.3, -0.25) is 0 Å². The molecule has 0 fully saturated rings. The highest BCUT2D eigenvalue weighted by atomic mass is 15.2. The number of aromatic nitrogens is 2. The first-order chi connectivity index (χ1) is 35.2. The van der Waals surface area contributed by atoms with E-state index in [-0.39, 0.29) is 0 Å². The van der Waals surface area contributed by atoms with E-state index in [1.54, 1.807) is 0 Å². The zero-order valence-corrected chi connectivity index (χ0v) is 38.8. The molecule has 13 rings (SSSR count). The van der Waals surface area contributed by atoms with Crippen molar-refractivity contribution in [3.8, 4) is 33.6 Å². The molecule has 0 atom stereocenters. The van der Waals surface area contributed by atoms with E-state index in [0.29, 0.717) is 5.82 Å². The van der Waals surface area contributed by atoms with Gasteiger partial charge in [-0.25, -0.2) is 9.97 Å². The minimum absolute atomic E-state index is 0.663. The lowest BCUT2D eigenvalue weighted by Crippen LogP contribution is -2.28. The van der Waals surface area contributed by atoms with Gasteiger partial charge in [-0.05, 0) is 145 Å². The Balaban J connectivity index is 0.972. The van der Waals surface area contributed by atoms with Crippen LogP contribution < -0.4 is 9.80 Å². The van der Waals surface area contributed by atoms with Crippen LogP contribution in [0.15, 0.2) is 279 Å². The lowest BCUT2D eigenvalue weighted by Gasteiger charge is -2.34. The van der Waals surface area contributed by atoms with Crippen LogP contribution in [0.1, 0.15) is 22.3 Å². The predicted molar refractivity (Wildman–Crippen MR) is 295 cm³/mol. The molecule has 1 aliphatic rings. The van der Waals surface area contributed by atoms with Gasteiger partial charge < -0.3 is 9.80 Å². The van der Waals surface area contributed by atoms with Gasteiger partial charge in [-0.1, -0.05) is 188 Å². The maximum atomic E-state index is 5.21. The summed E-state index contributed by atoms with van der Waals surface area (Å²) in [5.41, 5.74) is 16.3. The van der Waals surface area contributed by atoms with Crippen molar-refractivity contribution in [1.82, 2.24) is 9.97 Å². The van der Waals surface area contributed by atoms with Crippen molar-refractivity contribution in [2.75, 3.05) is 9.80 Å². The first kappa shape index (κ1) is 41.8. The van der Waals surface area contributed by atoms with E-state index in [2.05, 4.69) is 265 Å². The number of para-hydroxylation sites is 4. The van der Waals surface area contributed by atoms with Gasteiger partial charge in [0.2, 0.25) is 0 Å². The maximum Gasteiger partial charge on any atom is 0.159 e. The van der Waals surface area contributed by atoms with Gasteiger partial charge in [0.05, 0.1) is 23.5 Å². The van der Waals surface area contributed by atoms with Gasteiger partial charge >= 0.3 is 0 Å². The number of nitrogens with zero attached hydrogens (tertiary/aromatic N) is 4. The summed E-state index contributed by atoms with van der Waals surface area (Å²) < 4.78 is 0. The molecule has 1 aromatic heterocycles. The molecule has 12 aromatic rings. The highest BCUT2D eigenvalue weighted by molar-refractivity contribution is 6.10. The van der Waals surface area contributed by atoms with Crippen LogP contribution in [0, 0.1) is 0 Å². The number of fused-ring (bicyclic) bond motifs is 6. The molecule has 71 heavy (non-hydrogen) atoms. The summed E-state index contributed by atoms with van der Waals surface area (Å²) in [5.74, 6) is 0.676. The molecule has 0 amide bonds. The molecule has 0 unspecified atom stereocenters. The van der Waals surface area contributed by atoms with Crippen LogP contribution in [0.2, 0.25) is 0 Å². The summed E-state index contributed by atoms with van der Waals surface area (Å²) in [7, 11) is 0. The molecule has 4 nitrogen and oxygen atoms in total. The predicted octanol–water partition coefficient (Wildman–Crippen LogP) is 17.4. The van der Waals surface area contributed by atoms with Gasteiger partial charge in [0.25, 0.3) is 0 Å². The quantitative estimate of drug-likeness (QED) is 0.137. The highest BCUT2D eigenvalue weighted by Crippen LogP contribution is 2.59. The van der Waals surface area contributed by atoms with E-state index in [0.717, 1.165) is 45.1 Å². The summed E-state index contributed by atoms with van der Waals surface area (Å²) in [4.78, 5) is 14.9. The molecule has 334 valence electrons. The minimum Gasteiger partial charge on any atom is -0.310 e. The Morgan fingerprint density at radius 1 is 0.296 bits per heavy atom. The third kappa shape index (κ3) is 7.16. The SMILES string of the molecule is c1ccc(N(c2ccccc2)c2cnc(-c3cc4c(c5ccccc35)-c3ccc(-c5ccc6cc(N(c7ccccc7)c7ccccc7)ccc6c5)cc3C4(c3ccccc3)c3ccccc3)nc2)cc1. The third-order valence-electron chi connectivity index (χ3n) is 14.2. The second-order valence-electron chi connectivity index (χ2n) is 18.2. The molecule has 0 spiro atoms. The third-order valence-corrected chi connectivity index (χ3v) is 14.2. The monoisotopic (exact) mass is 906 g/mol. The number of hydrogen-bond acceptors (Lipinski definition) is 4. The largest absolute Gasteiger partial charge is 0.310 e. The van der Waals surface area contributed by atoms with Crippen LogP contribution in [0.3, 0.4) is 0 Å². The molecular formula is C67H46N4. The Kier molecular flexibility index (Phi) is 10.4. The van der Waals surface area contributed by atoms with Crippen LogP contribution in [0.4, 0.5) is 34.1 Å². The molecule has 1 aliphatic carbocycles. The molecule has 4 heteroatoms. The van der Waals surface area contributed by atoms with E-state index >= 15 is 0 Å². The van der Waals surface area contributed by atoms with E-state index in [1.165, 1.54) is 60.7 Å². The zero-order valence-electron chi connectivity index (χ0n) is 38.8. The van der Waals surface area contributed by atoms with Crippen molar-refractivity contribution in [3.63, 3.8) is 0 Å². The first-order valence-corrected chi connectivity index (χ1v) is 24.2. The second-order valence-corrected chi connectivity index (χ2v) is 18.2. The number of anilines is 6. The molecule has 11 aromatic carbocycles. The lowest BCUT2D eigenvalue weighted by molar-refractivity contribution is 0.769. The molecule has 0 saturated carbocycles. The maximum absolute atomic E-state index is 5.21. The normalized spacial score (nSPS) is 12.3. The topological polar surface area (TPSA) is 32.3 Å². The Hall–Kier alpha value is -9.38. The van der Waals surface area contributed by atoms with E-state index in [9.17, 15) is 0 Å². The Bertz CT molecular complexity index is 3730. The van der Waals surface area contributed by atoms with Crippen molar-refractivity contribution in [2.45, 2.75) is 5.41 Å². The fourth-order valence-corrected chi connectivity index (χ4v) is 11.0. The second kappa shape index (κ2) is 17.6. The summed E-state index contributed by atoms with van der Waals surface area (Å²) in [6.07, 6.45) is 3.92. The smallest absolute Gasteiger partial charge is 0.159 e. The summed E-state index contributed by atoms with van der Waals surface area (Å²) in [6.45, 7) is 0. The zero-order chi connectivity index (χ0) is 47.1. The van der Waals surface area contributed by atoms with Gasteiger partial charge in [0.1, 0.15) is 0 Å². The molecular weight excluding hydrogens is 861 g/mol. The average Bonchev–Trinajstić information content (AvgIpc) is 3.75. The molecule has 0 saturated heterocycles. The van der Waals surface area contributed by atoms with Crippen molar-refractivity contribution in [3.05, 3.63) is 302 Å². The standard InChI is InChI=1S/C67H46N4/c1-7-21-51(22-8-1)67(52-23-9-2-10-24-52)63-43-50(47-35-36-49-42-57(39-37-48(49)41-47)70(53-25-11-3-12-26-53)54-27-13-4-14-28-54)38-40-61(63)65-60-34-20-19-33-59(60)62(44-64(65)67)66-68-45-58(46-69-66)71(55-29-15-5-16-30-55)56-31-17-6-18-32-56/h1-46H. The van der Waals surface area contributed by atoms with Crippen LogP contribution in [0.25, 0.3) is 55.2 Å². The Morgan fingerprint density at radius 2 is 0.732 bits per heavy atom. The number of benzene rings is 11. The van der Waals surface area contributed by atoms with E-state index < -0.39 is 5.41 Å². The first-order valence-electron chi connectivity index (χ1n) is 24.2. The van der Waals surface area contributed by atoms with Gasteiger partial charge in [-0.2, -0.15) is 0 Å². The molecule has 0 bridgehead atoms. The molecule has 0 aliphatic heterocycles. The highest BCUT2D eigenvalue weighted by Gasteiger charge is 2.47. The number of rotatable bonds is 10. The van der Waals surface area contributed by atoms with Crippen LogP contribution in [0.5, 0.6) is 0 Å². The Morgan fingerprint density at radius 3 is 1.28 bits per heavy atom. The van der Waals surface area contributed by atoms with Gasteiger partial charge in [0, 0.05) is 34.0 Å². The molecule has 0 radical (unpaired) electrons. The lowest BCUT2D eigenvalue weighted by atomic mass is 9.67. The van der Waals surface area contributed by atoms with Crippen molar-refractivity contribution < 1.29 is 0 Å². The van der Waals surface area contributed by atoms with Gasteiger partial charge in [0.15, 0.2) is 5.82 Å².